The molecule has 0 spiro atoms. The monoisotopic (exact) mass is 246 g/mol. The second-order valence-electron chi connectivity index (χ2n) is 4.09. The predicted molar refractivity (Wildman–Crippen MR) is 60.0 cm³/mol. The Morgan fingerprint density at radius 3 is 2.56 bits per heavy atom. The molecule has 6 heteroatoms. The van der Waals surface area contributed by atoms with E-state index in [1.165, 1.54) is 0 Å². The Bertz CT molecular complexity index is 537. The van der Waals surface area contributed by atoms with Gasteiger partial charge >= 0.3 is 5.97 Å². The lowest BCUT2D eigenvalue weighted by Crippen LogP contribution is -2.23. The normalized spacial score (nSPS) is 29.1. The molecule has 92 valence electrons. The van der Waals surface area contributed by atoms with E-state index in [1.807, 2.05) is 0 Å². The van der Waals surface area contributed by atoms with Gasteiger partial charge in [0.1, 0.15) is 0 Å². The largest absolute Gasteiger partial charge is 0.468 e. The fourth-order valence-electron chi connectivity index (χ4n) is 2.36. The van der Waals surface area contributed by atoms with Crippen LogP contribution in [-0.4, -0.2) is 24.0 Å². The molecule has 1 aromatic carbocycles. The third-order valence-electron chi connectivity index (χ3n) is 3.26. The average molecular weight is 246 g/mol. The molecule has 0 amide bonds. The van der Waals surface area contributed by atoms with Crippen LogP contribution in [0.3, 0.4) is 0 Å². The van der Waals surface area contributed by atoms with Gasteiger partial charge in [-0.1, -0.05) is 30.3 Å². The van der Waals surface area contributed by atoms with Crippen molar-refractivity contribution in [3.8, 4) is 6.07 Å². The first-order chi connectivity index (χ1) is 8.59. The maximum atomic E-state index is 11.7. The third kappa shape index (κ3) is 1.44. The molecule has 1 aromatic rings. The van der Waals surface area contributed by atoms with E-state index in [-0.39, 0.29) is 0 Å². The van der Waals surface area contributed by atoms with Crippen LogP contribution >= 0.6 is 0 Å². The summed E-state index contributed by atoms with van der Waals surface area (Å²) in [5.74, 6) is -1.59. The smallest absolute Gasteiger partial charge is 0.334 e. The zero-order valence-corrected chi connectivity index (χ0v) is 9.57. The van der Waals surface area contributed by atoms with Crippen LogP contribution in [0.4, 0.5) is 0 Å². The summed E-state index contributed by atoms with van der Waals surface area (Å²) in [6.07, 6.45) is 0. The van der Waals surface area contributed by atoms with Crippen LogP contribution in [0.15, 0.2) is 30.3 Å². The molecule has 1 aliphatic carbocycles. The predicted octanol–water partition coefficient (Wildman–Crippen LogP) is 1.11. The van der Waals surface area contributed by atoms with Crippen molar-refractivity contribution < 1.29 is 14.5 Å². The van der Waals surface area contributed by atoms with Crippen LogP contribution in [0.5, 0.6) is 0 Å². The number of rotatable bonds is 3. The SMILES string of the molecule is COC(=O)C1(C#N)C(c2ccccc2)C1[N+](=O)[O-]. The highest BCUT2D eigenvalue weighted by molar-refractivity contribution is 5.87. The van der Waals surface area contributed by atoms with Gasteiger partial charge in [0.25, 0.3) is 6.04 Å². The van der Waals surface area contributed by atoms with E-state index in [0.29, 0.717) is 5.56 Å². The summed E-state index contributed by atoms with van der Waals surface area (Å²) in [6, 6.07) is 9.06. The molecular weight excluding hydrogens is 236 g/mol. The molecule has 1 aliphatic rings. The standard InChI is InChI=1S/C12H10N2O4/c1-18-11(15)12(7-13)9(10(12)14(16)17)8-5-3-2-4-6-8/h2-6,9-10H,1H3. The minimum absolute atomic E-state index is 0.586. The van der Waals surface area contributed by atoms with Gasteiger partial charge in [-0.15, -0.1) is 0 Å². The number of nitriles is 1. The number of benzene rings is 1. The quantitative estimate of drug-likeness (QED) is 0.452. The number of ether oxygens (including phenoxy) is 1. The second kappa shape index (κ2) is 4.11. The summed E-state index contributed by atoms with van der Waals surface area (Å²) in [4.78, 5) is 22.1. The molecule has 1 fully saturated rings. The number of hydrogen-bond donors (Lipinski definition) is 0. The van der Waals surface area contributed by atoms with Crippen LogP contribution in [0.1, 0.15) is 11.5 Å². The summed E-state index contributed by atoms with van der Waals surface area (Å²) in [5.41, 5.74) is -1.09. The zero-order chi connectivity index (χ0) is 13.3. The highest BCUT2D eigenvalue weighted by Gasteiger charge is 2.81. The number of carbonyl (C=O) groups is 1. The van der Waals surface area contributed by atoms with E-state index in [0.717, 1.165) is 7.11 Å². The summed E-state index contributed by atoms with van der Waals surface area (Å²) in [6.45, 7) is 0. The minimum Gasteiger partial charge on any atom is -0.468 e. The lowest BCUT2D eigenvalue weighted by atomic mass is 10.0. The molecule has 18 heavy (non-hydrogen) atoms. The van der Waals surface area contributed by atoms with Crippen molar-refractivity contribution in [3.63, 3.8) is 0 Å². The van der Waals surface area contributed by atoms with Crippen LogP contribution in [0.2, 0.25) is 0 Å². The number of nitro groups is 1. The van der Waals surface area contributed by atoms with Crippen LogP contribution < -0.4 is 0 Å². The average Bonchev–Trinajstić information content (AvgIpc) is 3.09. The molecule has 3 atom stereocenters. The van der Waals surface area contributed by atoms with Crippen molar-refractivity contribution in [2.45, 2.75) is 12.0 Å². The molecule has 0 heterocycles. The van der Waals surface area contributed by atoms with Crippen LogP contribution in [0.25, 0.3) is 0 Å². The highest BCUT2D eigenvalue weighted by atomic mass is 16.6. The molecule has 0 saturated heterocycles. The molecule has 0 radical (unpaired) electrons. The van der Waals surface area contributed by atoms with Gasteiger partial charge in [0, 0.05) is 4.92 Å². The Hall–Kier alpha value is -2.42. The maximum absolute atomic E-state index is 11.7. The van der Waals surface area contributed by atoms with Crippen molar-refractivity contribution in [1.29, 1.82) is 5.26 Å². The maximum Gasteiger partial charge on any atom is 0.334 e. The first-order valence-electron chi connectivity index (χ1n) is 5.27. The molecule has 0 aliphatic heterocycles. The number of esters is 1. The van der Waals surface area contributed by atoms with Crippen molar-refractivity contribution >= 4 is 5.97 Å². The molecule has 6 nitrogen and oxygen atoms in total. The first-order valence-corrected chi connectivity index (χ1v) is 5.27. The zero-order valence-electron chi connectivity index (χ0n) is 9.57. The van der Waals surface area contributed by atoms with Gasteiger partial charge in [0.2, 0.25) is 5.41 Å². The van der Waals surface area contributed by atoms with Gasteiger partial charge in [-0.2, -0.15) is 5.26 Å². The molecule has 0 N–H and O–H groups in total. The number of methoxy groups -OCH3 is 1. The van der Waals surface area contributed by atoms with E-state index in [9.17, 15) is 14.9 Å². The Labute approximate surface area is 103 Å². The molecule has 3 unspecified atom stereocenters. The van der Waals surface area contributed by atoms with E-state index in [2.05, 4.69) is 4.74 Å². The summed E-state index contributed by atoms with van der Waals surface area (Å²) in [7, 11) is 1.12. The topological polar surface area (TPSA) is 93.2 Å². The Morgan fingerprint density at radius 2 is 2.11 bits per heavy atom. The summed E-state index contributed by atoms with van der Waals surface area (Å²) >= 11 is 0. The van der Waals surface area contributed by atoms with Gasteiger partial charge in [-0.25, -0.2) is 0 Å². The molecule has 2 rings (SSSR count). The van der Waals surface area contributed by atoms with E-state index < -0.39 is 28.3 Å². The van der Waals surface area contributed by atoms with E-state index in [1.54, 1.807) is 36.4 Å². The lowest BCUT2D eigenvalue weighted by molar-refractivity contribution is -0.501. The van der Waals surface area contributed by atoms with Gasteiger partial charge in [-0.3, -0.25) is 14.9 Å². The fraction of sp³-hybridized carbons (Fsp3) is 0.333. The van der Waals surface area contributed by atoms with Gasteiger partial charge < -0.3 is 4.74 Å². The van der Waals surface area contributed by atoms with Gasteiger partial charge in [0.15, 0.2) is 0 Å². The lowest BCUT2D eigenvalue weighted by Gasteiger charge is -2.03. The van der Waals surface area contributed by atoms with Crippen molar-refractivity contribution in [2.24, 2.45) is 5.41 Å². The Kier molecular flexibility index (Phi) is 2.75. The molecule has 1 saturated carbocycles. The van der Waals surface area contributed by atoms with Crippen molar-refractivity contribution in [2.75, 3.05) is 7.11 Å². The van der Waals surface area contributed by atoms with Gasteiger partial charge in [0.05, 0.1) is 19.1 Å². The van der Waals surface area contributed by atoms with Crippen molar-refractivity contribution in [1.82, 2.24) is 0 Å². The number of hydrogen-bond acceptors (Lipinski definition) is 5. The summed E-state index contributed by atoms with van der Waals surface area (Å²) in [5, 5.41) is 20.1. The number of nitrogens with zero attached hydrogens (tertiary/aromatic N) is 2. The number of carbonyl (C=O) groups excluding carboxylic acids is 1. The minimum atomic E-state index is -1.69. The summed E-state index contributed by atoms with van der Waals surface area (Å²) < 4.78 is 4.53. The van der Waals surface area contributed by atoms with E-state index >= 15 is 0 Å². The second-order valence-corrected chi connectivity index (χ2v) is 4.09. The van der Waals surface area contributed by atoms with E-state index in [4.69, 9.17) is 5.26 Å². The molecule has 0 bridgehead atoms. The van der Waals surface area contributed by atoms with Gasteiger partial charge in [-0.05, 0) is 5.56 Å². The van der Waals surface area contributed by atoms with Crippen LogP contribution in [-0.2, 0) is 9.53 Å². The van der Waals surface area contributed by atoms with Crippen LogP contribution in [0, 0.1) is 26.9 Å². The third-order valence-corrected chi connectivity index (χ3v) is 3.26. The van der Waals surface area contributed by atoms with Crippen molar-refractivity contribution in [3.05, 3.63) is 46.0 Å². The fourth-order valence-corrected chi connectivity index (χ4v) is 2.36. The molecule has 0 aromatic heterocycles. The highest BCUT2D eigenvalue weighted by Crippen LogP contribution is 2.61. The first kappa shape index (κ1) is 12.0. The Morgan fingerprint density at radius 1 is 1.50 bits per heavy atom. The molecular formula is C12H10N2O4. The Balaban J connectivity index is 2.45.